The molecule has 2 heterocycles. The third-order valence-corrected chi connectivity index (χ3v) is 5.19. The number of benzene rings is 1. The van der Waals surface area contributed by atoms with Gasteiger partial charge in [0.1, 0.15) is 5.75 Å². The zero-order valence-corrected chi connectivity index (χ0v) is 12.5. The lowest BCUT2D eigenvalue weighted by molar-refractivity contribution is -0.138. The minimum Gasteiger partial charge on any atom is -0.477 e. The fraction of sp³-hybridized carbons (Fsp3) is 0.533. The van der Waals surface area contributed by atoms with Crippen LogP contribution in [0.4, 0.5) is 5.69 Å². The molecule has 0 spiro atoms. The zero-order valence-electron chi connectivity index (χ0n) is 11.7. The maximum absolute atomic E-state index is 12.6. The normalized spacial score (nSPS) is 25.4. The van der Waals surface area contributed by atoms with E-state index < -0.39 is 6.10 Å². The van der Waals surface area contributed by atoms with Crippen LogP contribution < -0.4 is 10.1 Å². The van der Waals surface area contributed by atoms with Gasteiger partial charge in [-0.3, -0.25) is 4.79 Å². The lowest BCUT2D eigenvalue weighted by Crippen LogP contribution is -2.51. The number of nitrogens with zero attached hydrogens (tertiary/aromatic N) is 1. The molecule has 0 bridgehead atoms. The number of para-hydroxylation sites is 2. The molecule has 0 aliphatic carbocycles. The summed E-state index contributed by atoms with van der Waals surface area (Å²) >= 11 is 1.97. The molecule has 2 unspecified atom stereocenters. The van der Waals surface area contributed by atoms with Gasteiger partial charge in [-0.2, -0.15) is 11.8 Å². The van der Waals surface area contributed by atoms with E-state index in [1.165, 1.54) is 0 Å². The lowest BCUT2D eigenvalue weighted by Gasteiger charge is -2.35. The van der Waals surface area contributed by atoms with Crippen molar-refractivity contribution in [3.63, 3.8) is 0 Å². The average molecular weight is 292 g/mol. The molecule has 3 rings (SSSR count). The Bertz CT molecular complexity index is 495. The molecular formula is C15H20N2O2S. The van der Waals surface area contributed by atoms with Gasteiger partial charge in [0, 0.05) is 24.1 Å². The van der Waals surface area contributed by atoms with Crippen molar-refractivity contribution < 1.29 is 9.53 Å². The molecule has 1 fully saturated rings. The number of anilines is 1. The topological polar surface area (TPSA) is 41.6 Å². The van der Waals surface area contributed by atoms with Crippen molar-refractivity contribution in [3.05, 3.63) is 24.3 Å². The molecule has 108 valence electrons. The molecule has 1 aromatic carbocycles. The van der Waals surface area contributed by atoms with E-state index in [9.17, 15) is 4.79 Å². The number of ether oxygens (including phenoxy) is 1. The van der Waals surface area contributed by atoms with Crippen LogP contribution in [0.5, 0.6) is 5.75 Å². The number of thioether (sulfide) groups is 1. The molecule has 0 aromatic heterocycles. The zero-order chi connectivity index (χ0) is 13.9. The van der Waals surface area contributed by atoms with E-state index in [0.717, 1.165) is 36.7 Å². The first kappa shape index (κ1) is 13.6. The van der Waals surface area contributed by atoms with Crippen molar-refractivity contribution in [2.45, 2.75) is 24.7 Å². The second-order valence-electron chi connectivity index (χ2n) is 5.17. The van der Waals surface area contributed by atoms with Crippen molar-refractivity contribution in [2.24, 2.45) is 0 Å². The standard InChI is InChI=1S/C15H20N2O2S/c1-2-11-10-17(7-8-20-11)15(18)14-9-16-12-5-3-4-6-13(12)19-14/h3-6,11,14,16H,2,7-10H2,1H3. The summed E-state index contributed by atoms with van der Waals surface area (Å²) in [4.78, 5) is 14.5. The van der Waals surface area contributed by atoms with E-state index in [2.05, 4.69) is 12.2 Å². The van der Waals surface area contributed by atoms with Gasteiger partial charge in [-0.15, -0.1) is 0 Å². The maximum atomic E-state index is 12.6. The molecule has 0 radical (unpaired) electrons. The fourth-order valence-electron chi connectivity index (χ4n) is 2.62. The van der Waals surface area contributed by atoms with Crippen LogP contribution in [0, 0.1) is 0 Å². The molecule has 1 saturated heterocycles. The van der Waals surface area contributed by atoms with Crippen LogP contribution in [0.1, 0.15) is 13.3 Å². The third kappa shape index (κ3) is 2.73. The summed E-state index contributed by atoms with van der Waals surface area (Å²) in [6, 6.07) is 7.77. The summed E-state index contributed by atoms with van der Waals surface area (Å²) in [6.07, 6.45) is 0.714. The van der Waals surface area contributed by atoms with Crippen LogP contribution in [0.3, 0.4) is 0 Å². The van der Waals surface area contributed by atoms with Crippen LogP contribution in [-0.2, 0) is 4.79 Å². The predicted octanol–water partition coefficient (Wildman–Crippen LogP) is 2.21. The molecule has 5 heteroatoms. The van der Waals surface area contributed by atoms with E-state index in [-0.39, 0.29) is 5.91 Å². The molecule has 1 amide bonds. The summed E-state index contributed by atoms with van der Waals surface area (Å²) in [5, 5.41) is 3.85. The average Bonchev–Trinajstić information content (AvgIpc) is 2.53. The monoisotopic (exact) mass is 292 g/mol. The van der Waals surface area contributed by atoms with Crippen LogP contribution in [0.15, 0.2) is 24.3 Å². The van der Waals surface area contributed by atoms with Crippen LogP contribution in [0.2, 0.25) is 0 Å². The summed E-state index contributed by atoms with van der Waals surface area (Å²) in [5.74, 6) is 1.92. The van der Waals surface area contributed by atoms with Crippen molar-refractivity contribution in [1.29, 1.82) is 0 Å². The van der Waals surface area contributed by atoms with Gasteiger partial charge in [0.2, 0.25) is 0 Å². The highest BCUT2D eigenvalue weighted by molar-refractivity contribution is 8.00. The summed E-state index contributed by atoms with van der Waals surface area (Å²) < 4.78 is 5.86. The Morgan fingerprint density at radius 2 is 2.35 bits per heavy atom. The Kier molecular flexibility index (Phi) is 4.05. The number of nitrogens with one attached hydrogen (secondary N) is 1. The largest absolute Gasteiger partial charge is 0.477 e. The van der Waals surface area contributed by atoms with Gasteiger partial charge in [0.25, 0.3) is 5.91 Å². The van der Waals surface area contributed by atoms with E-state index >= 15 is 0 Å². The molecule has 1 aromatic rings. The second-order valence-corrected chi connectivity index (χ2v) is 6.58. The van der Waals surface area contributed by atoms with Crippen molar-refractivity contribution in [3.8, 4) is 5.75 Å². The van der Waals surface area contributed by atoms with E-state index in [1.54, 1.807) is 0 Å². The van der Waals surface area contributed by atoms with Gasteiger partial charge in [-0.1, -0.05) is 19.1 Å². The number of fused-ring (bicyclic) bond motifs is 1. The highest BCUT2D eigenvalue weighted by Crippen LogP contribution is 2.29. The van der Waals surface area contributed by atoms with Gasteiger partial charge in [-0.25, -0.2) is 0 Å². The fourth-order valence-corrected chi connectivity index (χ4v) is 3.80. The minimum atomic E-state index is -0.398. The number of hydrogen-bond donors (Lipinski definition) is 1. The molecule has 2 atom stereocenters. The number of hydrogen-bond acceptors (Lipinski definition) is 4. The first-order chi connectivity index (χ1) is 9.78. The summed E-state index contributed by atoms with van der Waals surface area (Å²) in [7, 11) is 0. The number of carbonyl (C=O) groups excluding carboxylic acids is 1. The van der Waals surface area contributed by atoms with E-state index in [0.29, 0.717) is 11.8 Å². The molecule has 1 N–H and O–H groups in total. The first-order valence-electron chi connectivity index (χ1n) is 7.18. The molecule has 2 aliphatic heterocycles. The highest BCUT2D eigenvalue weighted by Gasteiger charge is 2.32. The predicted molar refractivity (Wildman–Crippen MR) is 82.5 cm³/mol. The smallest absolute Gasteiger partial charge is 0.265 e. The van der Waals surface area contributed by atoms with E-state index in [4.69, 9.17) is 4.74 Å². The maximum Gasteiger partial charge on any atom is 0.265 e. The SMILES string of the molecule is CCC1CN(C(=O)C2CNc3ccccc3O2)CCS1. The quantitative estimate of drug-likeness (QED) is 0.907. The Balaban J connectivity index is 1.67. The van der Waals surface area contributed by atoms with Crippen molar-refractivity contribution in [1.82, 2.24) is 4.90 Å². The van der Waals surface area contributed by atoms with Crippen molar-refractivity contribution in [2.75, 3.05) is 30.7 Å². The van der Waals surface area contributed by atoms with Gasteiger partial charge in [0.05, 0.1) is 12.2 Å². The third-order valence-electron chi connectivity index (χ3n) is 3.82. The Morgan fingerprint density at radius 1 is 1.50 bits per heavy atom. The molecule has 0 saturated carbocycles. The van der Waals surface area contributed by atoms with Crippen molar-refractivity contribution >= 4 is 23.4 Å². The summed E-state index contributed by atoms with van der Waals surface area (Å²) in [5.41, 5.74) is 0.970. The van der Waals surface area contributed by atoms with Crippen LogP contribution in [0.25, 0.3) is 0 Å². The Hall–Kier alpha value is -1.36. The van der Waals surface area contributed by atoms with Crippen LogP contribution >= 0.6 is 11.8 Å². The first-order valence-corrected chi connectivity index (χ1v) is 8.22. The molecule has 20 heavy (non-hydrogen) atoms. The number of amides is 1. The van der Waals surface area contributed by atoms with Gasteiger partial charge >= 0.3 is 0 Å². The van der Waals surface area contributed by atoms with Gasteiger partial charge in [-0.05, 0) is 18.6 Å². The minimum absolute atomic E-state index is 0.116. The molecule has 4 nitrogen and oxygen atoms in total. The molecular weight excluding hydrogens is 272 g/mol. The number of carbonyl (C=O) groups is 1. The van der Waals surface area contributed by atoms with Gasteiger partial charge < -0.3 is 15.0 Å². The van der Waals surface area contributed by atoms with Crippen LogP contribution in [-0.4, -0.2) is 47.5 Å². The summed E-state index contributed by atoms with van der Waals surface area (Å²) in [6.45, 7) is 4.42. The second kappa shape index (κ2) is 5.95. The number of rotatable bonds is 2. The van der Waals surface area contributed by atoms with E-state index in [1.807, 2.05) is 40.9 Å². The molecule has 2 aliphatic rings. The lowest BCUT2D eigenvalue weighted by atomic mass is 10.2. The Morgan fingerprint density at radius 3 is 3.20 bits per heavy atom. The highest BCUT2D eigenvalue weighted by atomic mass is 32.2. The Labute approximate surface area is 123 Å². The van der Waals surface area contributed by atoms with Gasteiger partial charge in [0.15, 0.2) is 6.10 Å².